The van der Waals surface area contributed by atoms with Crippen LogP contribution in [-0.2, 0) is 13.1 Å². The molecule has 4 nitrogen and oxygen atoms in total. The van der Waals surface area contributed by atoms with Gasteiger partial charge in [0.2, 0.25) is 0 Å². The van der Waals surface area contributed by atoms with Crippen LogP contribution in [0.5, 0.6) is 5.75 Å². The van der Waals surface area contributed by atoms with Gasteiger partial charge in [0.1, 0.15) is 5.75 Å². The van der Waals surface area contributed by atoms with Crippen LogP contribution in [0, 0.1) is 0 Å². The quantitative estimate of drug-likeness (QED) is 0.412. The highest BCUT2D eigenvalue weighted by atomic mass is 127. The van der Waals surface area contributed by atoms with Gasteiger partial charge >= 0.3 is 0 Å². The summed E-state index contributed by atoms with van der Waals surface area (Å²) < 4.78 is 5.33. The van der Waals surface area contributed by atoms with E-state index in [1.807, 2.05) is 18.2 Å². The molecule has 7 heteroatoms. The van der Waals surface area contributed by atoms with Gasteiger partial charge in [-0.25, -0.2) is 0 Å². The van der Waals surface area contributed by atoms with E-state index in [2.05, 4.69) is 27.1 Å². The molecule has 1 aromatic heterocycles. The first-order valence-corrected chi connectivity index (χ1v) is 7.78. The largest absolute Gasteiger partial charge is 0.496 e. The van der Waals surface area contributed by atoms with Crippen molar-refractivity contribution in [3.8, 4) is 5.75 Å². The number of guanidine groups is 1. The average molecular weight is 452 g/mol. The number of benzene rings is 1. The zero-order valence-corrected chi connectivity index (χ0v) is 16.3. The normalized spacial score (nSPS) is 10.8. The third-order valence-corrected chi connectivity index (χ3v) is 4.04. The molecule has 2 rings (SSSR count). The van der Waals surface area contributed by atoms with Gasteiger partial charge in [-0.1, -0.05) is 23.7 Å². The Labute approximate surface area is 157 Å². The van der Waals surface area contributed by atoms with E-state index < -0.39 is 0 Å². The molecular formula is C15H19ClIN3OS. The van der Waals surface area contributed by atoms with E-state index in [9.17, 15) is 0 Å². The summed E-state index contributed by atoms with van der Waals surface area (Å²) in [6.07, 6.45) is 0. The van der Waals surface area contributed by atoms with Gasteiger partial charge in [-0.2, -0.15) is 0 Å². The van der Waals surface area contributed by atoms with Crippen LogP contribution in [0.2, 0.25) is 5.02 Å². The molecule has 0 aliphatic heterocycles. The van der Waals surface area contributed by atoms with Crippen LogP contribution in [0.1, 0.15) is 10.4 Å². The van der Waals surface area contributed by atoms with Gasteiger partial charge in [-0.3, -0.25) is 4.99 Å². The Bertz CT molecular complexity index is 605. The standard InChI is InChI=1S/C15H18ClN3OS.HI/c1-17-15(19-10-13-4-3-7-21-13)18-9-11-5-6-12(16)8-14(11)20-2;/h3-8H,9-10H2,1-2H3,(H2,17,18,19);1H. The lowest BCUT2D eigenvalue weighted by atomic mass is 10.2. The third-order valence-electron chi connectivity index (χ3n) is 2.93. The summed E-state index contributed by atoms with van der Waals surface area (Å²) in [7, 11) is 3.39. The first-order chi connectivity index (χ1) is 10.2. The van der Waals surface area contributed by atoms with Gasteiger partial charge in [0.05, 0.1) is 13.7 Å². The van der Waals surface area contributed by atoms with Crippen molar-refractivity contribution < 1.29 is 4.74 Å². The SMILES string of the molecule is CN=C(NCc1cccs1)NCc1ccc(Cl)cc1OC.I. The predicted octanol–water partition coefficient (Wildman–Crippen LogP) is 3.89. The molecule has 22 heavy (non-hydrogen) atoms. The first kappa shape index (κ1) is 19.1. The zero-order chi connectivity index (χ0) is 15.1. The van der Waals surface area contributed by atoms with Crippen LogP contribution in [0.15, 0.2) is 40.7 Å². The molecule has 1 heterocycles. The Morgan fingerprint density at radius 3 is 2.68 bits per heavy atom. The first-order valence-electron chi connectivity index (χ1n) is 6.52. The fourth-order valence-electron chi connectivity index (χ4n) is 1.85. The molecule has 120 valence electrons. The number of methoxy groups -OCH3 is 1. The molecule has 1 aromatic carbocycles. The lowest BCUT2D eigenvalue weighted by Gasteiger charge is -2.13. The molecule has 0 aliphatic rings. The summed E-state index contributed by atoms with van der Waals surface area (Å²) in [5.41, 5.74) is 1.03. The number of rotatable bonds is 5. The molecule has 2 N–H and O–H groups in total. The van der Waals surface area contributed by atoms with E-state index in [1.165, 1.54) is 4.88 Å². The lowest BCUT2D eigenvalue weighted by Crippen LogP contribution is -2.36. The van der Waals surface area contributed by atoms with Crippen LogP contribution in [0.4, 0.5) is 0 Å². The van der Waals surface area contributed by atoms with Crippen LogP contribution >= 0.6 is 46.9 Å². The molecule has 0 radical (unpaired) electrons. The lowest BCUT2D eigenvalue weighted by molar-refractivity contribution is 0.409. The molecule has 0 amide bonds. The fraction of sp³-hybridized carbons (Fsp3) is 0.267. The molecule has 0 spiro atoms. The number of nitrogens with zero attached hydrogens (tertiary/aromatic N) is 1. The highest BCUT2D eigenvalue weighted by Gasteiger charge is 2.05. The van der Waals surface area contributed by atoms with E-state index in [0.717, 1.165) is 23.8 Å². The van der Waals surface area contributed by atoms with Crippen molar-refractivity contribution in [1.29, 1.82) is 0 Å². The second-order valence-electron chi connectivity index (χ2n) is 4.31. The molecule has 0 aliphatic carbocycles. The molecular weight excluding hydrogens is 433 g/mol. The maximum absolute atomic E-state index is 5.96. The van der Waals surface area contributed by atoms with Crippen molar-refractivity contribution >= 4 is 52.9 Å². The highest BCUT2D eigenvalue weighted by molar-refractivity contribution is 14.0. The van der Waals surface area contributed by atoms with Gasteiger partial charge in [-0.05, 0) is 23.6 Å². The van der Waals surface area contributed by atoms with Crippen molar-refractivity contribution in [3.05, 3.63) is 51.2 Å². The van der Waals surface area contributed by atoms with Gasteiger partial charge in [0.15, 0.2) is 5.96 Å². The fourth-order valence-corrected chi connectivity index (χ4v) is 2.65. The minimum Gasteiger partial charge on any atom is -0.496 e. The second kappa shape index (κ2) is 9.91. The van der Waals surface area contributed by atoms with Crippen molar-refractivity contribution in [2.45, 2.75) is 13.1 Å². The van der Waals surface area contributed by atoms with Crippen LogP contribution in [-0.4, -0.2) is 20.1 Å². The van der Waals surface area contributed by atoms with E-state index in [0.29, 0.717) is 11.6 Å². The number of halogens is 2. The molecule has 0 bridgehead atoms. The number of ether oxygens (including phenoxy) is 1. The molecule has 0 atom stereocenters. The van der Waals surface area contributed by atoms with E-state index in [1.54, 1.807) is 31.6 Å². The second-order valence-corrected chi connectivity index (χ2v) is 5.78. The maximum atomic E-state index is 5.96. The van der Waals surface area contributed by atoms with Gasteiger partial charge in [-0.15, -0.1) is 35.3 Å². The average Bonchev–Trinajstić information content (AvgIpc) is 3.01. The molecule has 0 unspecified atom stereocenters. The minimum absolute atomic E-state index is 0. The van der Waals surface area contributed by atoms with Crippen LogP contribution < -0.4 is 15.4 Å². The van der Waals surface area contributed by atoms with Crippen molar-refractivity contribution in [3.63, 3.8) is 0 Å². The number of aliphatic imine (C=N–C) groups is 1. The monoisotopic (exact) mass is 451 g/mol. The van der Waals surface area contributed by atoms with Gasteiger partial charge < -0.3 is 15.4 Å². The molecule has 0 fully saturated rings. The minimum atomic E-state index is 0. The number of hydrogen-bond acceptors (Lipinski definition) is 3. The zero-order valence-electron chi connectivity index (χ0n) is 12.4. The summed E-state index contributed by atoms with van der Waals surface area (Å²) in [6, 6.07) is 9.73. The van der Waals surface area contributed by atoms with E-state index >= 15 is 0 Å². The topological polar surface area (TPSA) is 45.7 Å². The smallest absolute Gasteiger partial charge is 0.191 e. The Morgan fingerprint density at radius 2 is 2.05 bits per heavy atom. The maximum Gasteiger partial charge on any atom is 0.191 e. The summed E-state index contributed by atoms with van der Waals surface area (Å²) >= 11 is 7.67. The van der Waals surface area contributed by atoms with Crippen LogP contribution in [0.25, 0.3) is 0 Å². The third kappa shape index (κ3) is 5.66. The summed E-state index contributed by atoms with van der Waals surface area (Å²) in [5.74, 6) is 1.52. The molecule has 2 aromatic rings. The van der Waals surface area contributed by atoms with Crippen LogP contribution in [0.3, 0.4) is 0 Å². The molecule has 0 saturated heterocycles. The number of thiophene rings is 1. The molecule has 0 saturated carbocycles. The Balaban J connectivity index is 0.00000242. The number of nitrogens with one attached hydrogen (secondary N) is 2. The predicted molar refractivity (Wildman–Crippen MR) is 105 cm³/mol. The van der Waals surface area contributed by atoms with Crippen molar-refractivity contribution in [2.75, 3.05) is 14.2 Å². The highest BCUT2D eigenvalue weighted by Crippen LogP contribution is 2.22. The number of hydrogen-bond donors (Lipinski definition) is 2. The van der Waals surface area contributed by atoms with E-state index in [-0.39, 0.29) is 24.0 Å². The Kier molecular flexibility index (Phi) is 8.59. The summed E-state index contributed by atoms with van der Waals surface area (Å²) in [5, 5.41) is 9.26. The summed E-state index contributed by atoms with van der Waals surface area (Å²) in [4.78, 5) is 5.47. The Morgan fingerprint density at radius 1 is 1.27 bits per heavy atom. The van der Waals surface area contributed by atoms with Crippen molar-refractivity contribution in [1.82, 2.24) is 10.6 Å². The Hall–Kier alpha value is -0.990. The van der Waals surface area contributed by atoms with Crippen molar-refractivity contribution in [2.24, 2.45) is 4.99 Å². The summed E-state index contributed by atoms with van der Waals surface area (Å²) in [6.45, 7) is 1.37. The van der Waals surface area contributed by atoms with E-state index in [4.69, 9.17) is 16.3 Å². The van der Waals surface area contributed by atoms with Gasteiger partial charge in [0.25, 0.3) is 0 Å². The van der Waals surface area contributed by atoms with Gasteiger partial charge in [0, 0.05) is 29.1 Å².